The molecule has 0 aliphatic rings. The molecule has 0 bridgehead atoms. The van der Waals surface area contributed by atoms with Crippen LogP contribution in [-0.4, -0.2) is 38.1 Å². The molecule has 0 spiro atoms. The number of anilines is 2. The zero-order valence-corrected chi connectivity index (χ0v) is 18.5. The third kappa shape index (κ3) is 4.34. The highest BCUT2D eigenvalue weighted by Crippen LogP contribution is 2.36. The summed E-state index contributed by atoms with van der Waals surface area (Å²) in [6, 6.07) is 17.2. The lowest BCUT2D eigenvalue weighted by atomic mass is 10.1. The summed E-state index contributed by atoms with van der Waals surface area (Å²) in [5.74, 6) is -0.341. The first-order valence-corrected chi connectivity index (χ1v) is 10.4. The largest absolute Gasteiger partial charge is 0.480 e. The lowest BCUT2D eigenvalue weighted by Crippen LogP contribution is -2.13. The van der Waals surface area contributed by atoms with E-state index in [-0.39, 0.29) is 0 Å². The standard InChI is InChI=1S/C23H20BrN5O2/c1-14(23(30)31)25-12-15-11-19-21(26-13-15)22(28-29(19)2)27-18-10-6-9-17(20(18)24)16-7-4-3-5-8-16/h3-14H,1-2H3,(H,27,28)(H,30,31)/t14-/m0/s1. The van der Waals surface area contributed by atoms with E-state index in [4.69, 9.17) is 5.11 Å². The Morgan fingerprint density at radius 2 is 2.00 bits per heavy atom. The maximum absolute atomic E-state index is 11.0. The third-order valence-electron chi connectivity index (χ3n) is 4.85. The van der Waals surface area contributed by atoms with Gasteiger partial charge in [-0.3, -0.25) is 9.67 Å². The fraction of sp³-hybridized carbons (Fsp3) is 0.130. The summed E-state index contributed by atoms with van der Waals surface area (Å²) in [6.07, 6.45) is 3.17. The Hall–Kier alpha value is -3.52. The summed E-state index contributed by atoms with van der Waals surface area (Å²) >= 11 is 3.72. The Morgan fingerprint density at radius 3 is 2.74 bits per heavy atom. The monoisotopic (exact) mass is 477 g/mol. The first kappa shape index (κ1) is 20.7. The second kappa shape index (κ2) is 8.69. The molecule has 0 fully saturated rings. The summed E-state index contributed by atoms with van der Waals surface area (Å²) in [6.45, 7) is 1.53. The Labute approximate surface area is 187 Å². The van der Waals surface area contributed by atoms with E-state index in [1.165, 1.54) is 13.1 Å². The first-order chi connectivity index (χ1) is 14.9. The number of carboxylic acids is 1. The topological polar surface area (TPSA) is 92.4 Å². The first-order valence-electron chi connectivity index (χ1n) is 9.63. The number of pyridine rings is 1. The summed E-state index contributed by atoms with van der Waals surface area (Å²) < 4.78 is 2.67. The van der Waals surface area contributed by atoms with E-state index < -0.39 is 12.0 Å². The smallest absolute Gasteiger partial charge is 0.328 e. The summed E-state index contributed by atoms with van der Waals surface area (Å²) in [5, 5.41) is 16.9. The molecule has 31 heavy (non-hydrogen) atoms. The fourth-order valence-corrected chi connectivity index (χ4v) is 3.75. The normalized spacial score (nSPS) is 12.4. The third-order valence-corrected chi connectivity index (χ3v) is 5.71. The van der Waals surface area contributed by atoms with Crippen LogP contribution >= 0.6 is 15.9 Å². The highest BCUT2D eigenvalue weighted by Gasteiger charge is 2.14. The number of carbonyl (C=O) groups is 1. The number of carboxylic acid groups (broad SMARTS) is 1. The van der Waals surface area contributed by atoms with Gasteiger partial charge in [0.25, 0.3) is 0 Å². The van der Waals surface area contributed by atoms with Gasteiger partial charge in [-0.15, -0.1) is 0 Å². The molecule has 0 unspecified atom stereocenters. The maximum Gasteiger partial charge on any atom is 0.328 e. The summed E-state index contributed by atoms with van der Waals surface area (Å²) in [7, 11) is 1.84. The number of halogens is 1. The van der Waals surface area contributed by atoms with Crippen molar-refractivity contribution in [3.63, 3.8) is 0 Å². The molecule has 2 aromatic heterocycles. The van der Waals surface area contributed by atoms with Gasteiger partial charge in [0.15, 0.2) is 5.82 Å². The number of rotatable bonds is 6. The van der Waals surface area contributed by atoms with Crippen molar-refractivity contribution in [2.75, 3.05) is 5.32 Å². The second-order valence-electron chi connectivity index (χ2n) is 7.06. The summed E-state index contributed by atoms with van der Waals surface area (Å²) in [5.41, 5.74) is 5.30. The highest BCUT2D eigenvalue weighted by atomic mass is 79.9. The zero-order valence-electron chi connectivity index (χ0n) is 17.0. The number of benzene rings is 2. The predicted molar refractivity (Wildman–Crippen MR) is 126 cm³/mol. The van der Waals surface area contributed by atoms with Crippen molar-refractivity contribution >= 4 is 50.7 Å². The molecule has 4 rings (SSSR count). The number of nitrogens with zero attached hydrogens (tertiary/aromatic N) is 4. The van der Waals surface area contributed by atoms with Gasteiger partial charge in [-0.25, -0.2) is 9.78 Å². The van der Waals surface area contributed by atoms with E-state index in [2.05, 4.69) is 54.5 Å². The van der Waals surface area contributed by atoms with Gasteiger partial charge in [0, 0.05) is 29.5 Å². The molecule has 7 nitrogen and oxygen atoms in total. The highest BCUT2D eigenvalue weighted by molar-refractivity contribution is 9.10. The minimum absolute atomic E-state index is 0.630. The van der Waals surface area contributed by atoms with E-state index in [0.29, 0.717) is 16.9 Å². The molecule has 0 aliphatic heterocycles. The molecule has 0 aliphatic carbocycles. The second-order valence-corrected chi connectivity index (χ2v) is 7.85. The van der Waals surface area contributed by atoms with E-state index in [0.717, 1.165) is 26.8 Å². The van der Waals surface area contributed by atoms with Crippen LogP contribution in [0.3, 0.4) is 0 Å². The Balaban J connectivity index is 1.66. The number of nitrogens with one attached hydrogen (secondary N) is 1. The molecule has 1 atom stereocenters. The molecular weight excluding hydrogens is 458 g/mol. The van der Waals surface area contributed by atoms with E-state index in [9.17, 15) is 4.79 Å². The number of aliphatic imine (C=N–C) groups is 1. The molecule has 2 N–H and O–H groups in total. The van der Waals surface area contributed by atoms with Gasteiger partial charge in [-0.05, 0) is 46.1 Å². The van der Waals surface area contributed by atoms with E-state index in [1.807, 2.05) is 43.4 Å². The number of hydrogen-bond donors (Lipinski definition) is 2. The van der Waals surface area contributed by atoms with Gasteiger partial charge in [0.05, 0.1) is 11.2 Å². The van der Waals surface area contributed by atoms with Crippen molar-refractivity contribution in [1.82, 2.24) is 14.8 Å². The number of aromatic nitrogens is 3. The molecule has 2 aromatic carbocycles. The zero-order chi connectivity index (χ0) is 22.0. The Bertz CT molecular complexity index is 1280. The van der Waals surface area contributed by atoms with Crippen LogP contribution in [0.15, 0.2) is 70.3 Å². The van der Waals surface area contributed by atoms with Gasteiger partial charge < -0.3 is 10.4 Å². The van der Waals surface area contributed by atoms with Crippen LogP contribution in [0.25, 0.3) is 22.2 Å². The van der Waals surface area contributed by atoms with Crippen molar-refractivity contribution < 1.29 is 9.90 Å². The van der Waals surface area contributed by atoms with Crippen molar-refractivity contribution in [2.24, 2.45) is 12.0 Å². The molecule has 8 heteroatoms. The average molecular weight is 478 g/mol. The molecule has 0 saturated carbocycles. The van der Waals surface area contributed by atoms with Crippen LogP contribution in [-0.2, 0) is 11.8 Å². The Morgan fingerprint density at radius 1 is 1.23 bits per heavy atom. The molecule has 0 radical (unpaired) electrons. The minimum Gasteiger partial charge on any atom is -0.480 e. The van der Waals surface area contributed by atoms with Gasteiger partial charge >= 0.3 is 5.97 Å². The molecule has 0 saturated heterocycles. The molecule has 156 valence electrons. The van der Waals surface area contributed by atoms with Crippen molar-refractivity contribution in [2.45, 2.75) is 13.0 Å². The van der Waals surface area contributed by atoms with Crippen LogP contribution in [0.1, 0.15) is 12.5 Å². The van der Waals surface area contributed by atoms with E-state index >= 15 is 0 Å². The van der Waals surface area contributed by atoms with Crippen LogP contribution in [0.5, 0.6) is 0 Å². The van der Waals surface area contributed by atoms with Gasteiger partial charge in [-0.1, -0.05) is 42.5 Å². The predicted octanol–water partition coefficient (Wildman–Crippen LogP) is 5.03. The average Bonchev–Trinajstić information content (AvgIpc) is 3.08. The van der Waals surface area contributed by atoms with Crippen LogP contribution in [0.4, 0.5) is 11.5 Å². The molecule has 2 heterocycles. The van der Waals surface area contributed by atoms with Crippen LogP contribution in [0, 0.1) is 0 Å². The lowest BCUT2D eigenvalue weighted by molar-refractivity contribution is -0.137. The number of aliphatic carboxylic acids is 1. The van der Waals surface area contributed by atoms with Crippen molar-refractivity contribution in [3.8, 4) is 11.1 Å². The Kier molecular flexibility index (Phi) is 5.81. The maximum atomic E-state index is 11.0. The van der Waals surface area contributed by atoms with Crippen molar-refractivity contribution in [3.05, 3.63) is 70.8 Å². The SMILES string of the molecule is C[C@H](N=Cc1cnc2c(Nc3cccc(-c4ccccc4)c3Br)nn(C)c2c1)C(=O)O. The number of hydrogen-bond acceptors (Lipinski definition) is 5. The van der Waals surface area contributed by atoms with Crippen LogP contribution < -0.4 is 5.32 Å². The number of fused-ring (bicyclic) bond motifs is 1. The molecule has 0 amide bonds. The number of aryl methyl sites for hydroxylation is 1. The van der Waals surface area contributed by atoms with Crippen molar-refractivity contribution in [1.29, 1.82) is 0 Å². The van der Waals surface area contributed by atoms with Crippen LogP contribution in [0.2, 0.25) is 0 Å². The minimum atomic E-state index is -0.972. The quantitative estimate of drug-likeness (QED) is 0.379. The van der Waals surface area contributed by atoms with Gasteiger partial charge in [0.2, 0.25) is 0 Å². The van der Waals surface area contributed by atoms with E-state index in [1.54, 1.807) is 10.9 Å². The fourth-order valence-electron chi connectivity index (χ4n) is 3.16. The van der Waals surface area contributed by atoms with Gasteiger partial charge in [-0.2, -0.15) is 5.10 Å². The molecule has 4 aromatic rings. The lowest BCUT2D eigenvalue weighted by Gasteiger charge is -2.11. The van der Waals surface area contributed by atoms with Gasteiger partial charge in [0.1, 0.15) is 11.6 Å². The molecular formula is C23H20BrN5O2. The summed E-state index contributed by atoms with van der Waals surface area (Å²) in [4.78, 5) is 19.5.